The zero-order valence-electron chi connectivity index (χ0n) is 12.2. The molecule has 1 fully saturated rings. The zero-order valence-corrected chi connectivity index (χ0v) is 12.2. The second kappa shape index (κ2) is 5.52. The molecule has 1 saturated carbocycles. The molecule has 1 heterocycles. The molecule has 0 bridgehead atoms. The Morgan fingerprint density at radius 2 is 1.67 bits per heavy atom. The fourth-order valence-corrected chi connectivity index (χ4v) is 2.18. The Balaban J connectivity index is 1.70. The van der Waals surface area contributed by atoms with E-state index in [1.807, 2.05) is 38.1 Å². The summed E-state index contributed by atoms with van der Waals surface area (Å²) in [5.41, 5.74) is 3.35. The molecule has 5 heteroatoms. The number of para-hydroxylation sites is 1. The molecule has 2 aromatic rings. The summed E-state index contributed by atoms with van der Waals surface area (Å²) in [6, 6.07) is 9.71. The van der Waals surface area contributed by atoms with Gasteiger partial charge < -0.3 is 10.6 Å². The highest BCUT2D eigenvalue weighted by Gasteiger charge is 2.29. The van der Waals surface area contributed by atoms with Gasteiger partial charge in [0.15, 0.2) is 11.6 Å². The van der Waals surface area contributed by atoms with Crippen molar-refractivity contribution in [2.75, 3.05) is 10.6 Å². The largest absolute Gasteiger partial charge is 0.338 e. The number of amides is 1. The second-order valence-corrected chi connectivity index (χ2v) is 5.46. The predicted molar refractivity (Wildman–Crippen MR) is 82.6 cm³/mol. The third-order valence-electron chi connectivity index (χ3n) is 3.60. The number of anilines is 3. The monoisotopic (exact) mass is 282 g/mol. The summed E-state index contributed by atoms with van der Waals surface area (Å²) in [5, 5.41) is 14.2. The van der Waals surface area contributed by atoms with E-state index in [4.69, 9.17) is 0 Å². The SMILES string of the molecule is Cc1cccc(C)c1Nc1ccc(NC(=O)C2CC2)nn1. The third kappa shape index (κ3) is 3.18. The molecular weight excluding hydrogens is 264 g/mol. The summed E-state index contributed by atoms with van der Waals surface area (Å²) >= 11 is 0. The summed E-state index contributed by atoms with van der Waals surface area (Å²) < 4.78 is 0. The minimum Gasteiger partial charge on any atom is -0.338 e. The van der Waals surface area contributed by atoms with E-state index in [9.17, 15) is 4.79 Å². The van der Waals surface area contributed by atoms with E-state index in [0.717, 1.165) is 29.7 Å². The van der Waals surface area contributed by atoms with Crippen LogP contribution in [0.5, 0.6) is 0 Å². The molecule has 2 N–H and O–H groups in total. The Labute approximate surface area is 123 Å². The van der Waals surface area contributed by atoms with Crippen molar-refractivity contribution >= 4 is 23.2 Å². The Morgan fingerprint density at radius 1 is 1.05 bits per heavy atom. The van der Waals surface area contributed by atoms with Gasteiger partial charge in [-0.25, -0.2) is 0 Å². The van der Waals surface area contributed by atoms with Crippen LogP contribution >= 0.6 is 0 Å². The van der Waals surface area contributed by atoms with Gasteiger partial charge in [-0.3, -0.25) is 4.79 Å². The molecule has 108 valence electrons. The summed E-state index contributed by atoms with van der Waals surface area (Å²) in [7, 11) is 0. The molecule has 0 saturated heterocycles. The first kappa shape index (κ1) is 13.5. The van der Waals surface area contributed by atoms with E-state index >= 15 is 0 Å². The summed E-state index contributed by atoms with van der Waals surface area (Å²) in [4.78, 5) is 11.6. The molecule has 1 aromatic carbocycles. The molecule has 1 aliphatic carbocycles. The second-order valence-electron chi connectivity index (χ2n) is 5.46. The lowest BCUT2D eigenvalue weighted by atomic mass is 10.1. The minimum absolute atomic E-state index is 0.0414. The van der Waals surface area contributed by atoms with Crippen molar-refractivity contribution in [2.45, 2.75) is 26.7 Å². The van der Waals surface area contributed by atoms with Crippen molar-refractivity contribution in [2.24, 2.45) is 5.92 Å². The normalized spacial score (nSPS) is 13.8. The molecule has 1 aliphatic rings. The van der Waals surface area contributed by atoms with Crippen LogP contribution in [-0.4, -0.2) is 16.1 Å². The molecule has 0 unspecified atom stereocenters. The number of aromatic nitrogens is 2. The van der Waals surface area contributed by atoms with Gasteiger partial charge >= 0.3 is 0 Å². The van der Waals surface area contributed by atoms with Crippen molar-refractivity contribution in [1.82, 2.24) is 10.2 Å². The van der Waals surface area contributed by atoms with Crippen molar-refractivity contribution < 1.29 is 4.79 Å². The maximum Gasteiger partial charge on any atom is 0.228 e. The first-order valence-corrected chi connectivity index (χ1v) is 7.11. The highest BCUT2D eigenvalue weighted by molar-refractivity contribution is 5.93. The summed E-state index contributed by atoms with van der Waals surface area (Å²) in [5.74, 6) is 1.37. The topological polar surface area (TPSA) is 66.9 Å². The number of benzene rings is 1. The first-order chi connectivity index (χ1) is 10.1. The van der Waals surface area contributed by atoms with Gasteiger partial charge in [0.25, 0.3) is 0 Å². The number of nitrogens with one attached hydrogen (secondary N) is 2. The minimum atomic E-state index is 0.0414. The maximum absolute atomic E-state index is 11.6. The van der Waals surface area contributed by atoms with Crippen LogP contribution in [0.4, 0.5) is 17.3 Å². The van der Waals surface area contributed by atoms with Crippen molar-refractivity contribution in [3.05, 3.63) is 41.5 Å². The third-order valence-corrected chi connectivity index (χ3v) is 3.60. The number of hydrogen-bond donors (Lipinski definition) is 2. The molecule has 0 spiro atoms. The Bertz CT molecular complexity index is 642. The van der Waals surface area contributed by atoms with Gasteiger partial charge in [-0.1, -0.05) is 18.2 Å². The van der Waals surface area contributed by atoms with Gasteiger partial charge in [0, 0.05) is 11.6 Å². The Kier molecular flexibility index (Phi) is 3.56. The Morgan fingerprint density at radius 3 is 2.24 bits per heavy atom. The van der Waals surface area contributed by atoms with Crippen LogP contribution < -0.4 is 10.6 Å². The standard InChI is InChI=1S/C16H18N4O/c1-10-4-3-5-11(2)15(10)17-13-8-9-14(20-19-13)18-16(21)12-6-7-12/h3-5,8-9,12H,6-7H2,1-2H3,(H,17,19)(H,18,20,21). The number of rotatable bonds is 4. The van der Waals surface area contributed by atoms with Gasteiger partial charge in [0.2, 0.25) is 5.91 Å². The van der Waals surface area contributed by atoms with E-state index in [1.54, 1.807) is 6.07 Å². The lowest BCUT2D eigenvalue weighted by molar-refractivity contribution is -0.117. The number of carbonyl (C=O) groups is 1. The van der Waals surface area contributed by atoms with E-state index in [1.165, 1.54) is 0 Å². The van der Waals surface area contributed by atoms with E-state index in [-0.39, 0.29) is 11.8 Å². The number of hydrogen-bond acceptors (Lipinski definition) is 4. The zero-order chi connectivity index (χ0) is 14.8. The van der Waals surface area contributed by atoms with Crippen LogP contribution in [0.2, 0.25) is 0 Å². The predicted octanol–water partition coefficient (Wildman–Crippen LogP) is 3.19. The van der Waals surface area contributed by atoms with Gasteiger partial charge in [-0.05, 0) is 49.9 Å². The van der Waals surface area contributed by atoms with Crippen LogP contribution in [0.25, 0.3) is 0 Å². The Hall–Kier alpha value is -2.43. The van der Waals surface area contributed by atoms with Crippen LogP contribution in [-0.2, 0) is 4.79 Å². The molecule has 21 heavy (non-hydrogen) atoms. The van der Waals surface area contributed by atoms with Crippen LogP contribution in [0.3, 0.4) is 0 Å². The lowest BCUT2D eigenvalue weighted by Gasteiger charge is -2.11. The maximum atomic E-state index is 11.6. The average Bonchev–Trinajstić information content (AvgIpc) is 3.29. The molecule has 5 nitrogen and oxygen atoms in total. The molecule has 3 rings (SSSR count). The van der Waals surface area contributed by atoms with Gasteiger partial charge in [0.1, 0.15) is 0 Å². The summed E-state index contributed by atoms with van der Waals surface area (Å²) in [6.45, 7) is 4.10. The van der Waals surface area contributed by atoms with Gasteiger partial charge in [-0.2, -0.15) is 0 Å². The van der Waals surface area contributed by atoms with Gasteiger partial charge in [0.05, 0.1) is 0 Å². The molecule has 0 radical (unpaired) electrons. The van der Waals surface area contributed by atoms with Crippen LogP contribution in [0.15, 0.2) is 30.3 Å². The number of aryl methyl sites for hydroxylation is 2. The molecular formula is C16H18N4O. The van der Waals surface area contributed by atoms with Crippen LogP contribution in [0, 0.1) is 19.8 Å². The first-order valence-electron chi connectivity index (χ1n) is 7.11. The number of carbonyl (C=O) groups excluding carboxylic acids is 1. The molecule has 1 aromatic heterocycles. The fraction of sp³-hybridized carbons (Fsp3) is 0.312. The highest BCUT2D eigenvalue weighted by Crippen LogP contribution is 2.30. The molecule has 0 aliphatic heterocycles. The summed E-state index contributed by atoms with van der Waals surface area (Å²) in [6.07, 6.45) is 1.96. The molecule has 1 amide bonds. The average molecular weight is 282 g/mol. The lowest BCUT2D eigenvalue weighted by Crippen LogP contribution is -2.14. The van der Waals surface area contributed by atoms with E-state index in [0.29, 0.717) is 11.6 Å². The quantitative estimate of drug-likeness (QED) is 0.903. The number of nitrogens with zero attached hydrogens (tertiary/aromatic N) is 2. The fourth-order valence-electron chi connectivity index (χ4n) is 2.18. The van der Waals surface area contributed by atoms with Crippen molar-refractivity contribution in [3.63, 3.8) is 0 Å². The van der Waals surface area contributed by atoms with Crippen molar-refractivity contribution in [3.8, 4) is 0 Å². The molecule has 0 atom stereocenters. The van der Waals surface area contributed by atoms with Gasteiger partial charge in [-0.15, -0.1) is 10.2 Å². The highest BCUT2D eigenvalue weighted by atomic mass is 16.2. The van der Waals surface area contributed by atoms with E-state index in [2.05, 4.69) is 20.8 Å². The van der Waals surface area contributed by atoms with Crippen molar-refractivity contribution in [1.29, 1.82) is 0 Å². The van der Waals surface area contributed by atoms with E-state index < -0.39 is 0 Å². The van der Waals surface area contributed by atoms with Crippen LogP contribution in [0.1, 0.15) is 24.0 Å². The smallest absolute Gasteiger partial charge is 0.228 e.